The van der Waals surface area contributed by atoms with Gasteiger partial charge in [-0.25, -0.2) is 0 Å². The number of hydrogen-bond donors (Lipinski definition) is 0. The molecule has 17 heavy (non-hydrogen) atoms. The fraction of sp³-hybridized carbons (Fsp3) is 0.600. The minimum atomic E-state index is 0.255. The van der Waals surface area contributed by atoms with Gasteiger partial charge in [0, 0.05) is 13.1 Å². The fourth-order valence-electron chi connectivity index (χ4n) is 2.87. The van der Waals surface area contributed by atoms with Crippen LogP contribution >= 0.6 is 0 Å². The standard InChI is InChI=1S/C15H21NO/c1-13-7-9-16(10-8-15(13)12-17-15)11-14-5-3-2-4-6-14/h2-6,13H,7-12H2,1H3. The largest absolute Gasteiger partial charge is 0.369 e. The van der Waals surface area contributed by atoms with Crippen molar-refractivity contribution >= 4 is 0 Å². The highest BCUT2D eigenvalue weighted by Crippen LogP contribution is 2.42. The van der Waals surface area contributed by atoms with E-state index in [2.05, 4.69) is 42.2 Å². The van der Waals surface area contributed by atoms with E-state index >= 15 is 0 Å². The first-order valence-corrected chi connectivity index (χ1v) is 6.69. The van der Waals surface area contributed by atoms with Gasteiger partial charge < -0.3 is 4.74 Å². The Balaban J connectivity index is 1.62. The monoisotopic (exact) mass is 231 g/mol. The Morgan fingerprint density at radius 2 is 2.06 bits per heavy atom. The number of ether oxygens (including phenoxy) is 1. The number of rotatable bonds is 2. The Kier molecular flexibility index (Phi) is 2.93. The van der Waals surface area contributed by atoms with Gasteiger partial charge in [-0.1, -0.05) is 37.3 Å². The molecule has 2 unspecified atom stereocenters. The Bertz CT molecular complexity index is 372. The van der Waals surface area contributed by atoms with Gasteiger partial charge in [0.05, 0.1) is 12.2 Å². The average molecular weight is 231 g/mol. The van der Waals surface area contributed by atoms with Crippen molar-refractivity contribution in [3.63, 3.8) is 0 Å². The summed E-state index contributed by atoms with van der Waals surface area (Å²) in [4.78, 5) is 2.57. The van der Waals surface area contributed by atoms with E-state index in [0.29, 0.717) is 0 Å². The van der Waals surface area contributed by atoms with Gasteiger partial charge >= 0.3 is 0 Å². The van der Waals surface area contributed by atoms with E-state index in [4.69, 9.17) is 4.74 Å². The molecular weight excluding hydrogens is 210 g/mol. The minimum absolute atomic E-state index is 0.255. The second-order valence-corrected chi connectivity index (χ2v) is 5.55. The maximum absolute atomic E-state index is 5.70. The van der Waals surface area contributed by atoms with Crippen molar-refractivity contribution in [2.45, 2.75) is 31.9 Å². The molecule has 1 aromatic carbocycles. The summed E-state index contributed by atoms with van der Waals surface area (Å²) in [6.07, 6.45) is 2.48. The summed E-state index contributed by atoms with van der Waals surface area (Å²) < 4.78 is 5.70. The summed E-state index contributed by atoms with van der Waals surface area (Å²) in [7, 11) is 0. The van der Waals surface area contributed by atoms with Crippen LogP contribution in [0.1, 0.15) is 25.3 Å². The molecule has 0 bridgehead atoms. The smallest absolute Gasteiger partial charge is 0.0954 e. The molecule has 2 aliphatic heterocycles. The first-order valence-electron chi connectivity index (χ1n) is 6.69. The van der Waals surface area contributed by atoms with Crippen LogP contribution in [0.15, 0.2) is 30.3 Å². The lowest BCUT2D eigenvalue weighted by atomic mass is 9.90. The molecule has 0 amide bonds. The lowest BCUT2D eigenvalue weighted by Crippen LogP contribution is -2.25. The first-order chi connectivity index (χ1) is 8.28. The molecule has 2 nitrogen and oxygen atoms in total. The molecule has 2 heteroatoms. The number of hydrogen-bond acceptors (Lipinski definition) is 2. The second-order valence-electron chi connectivity index (χ2n) is 5.55. The van der Waals surface area contributed by atoms with Gasteiger partial charge in [-0.05, 0) is 30.9 Å². The molecule has 0 saturated carbocycles. The van der Waals surface area contributed by atoms with Crippen molar-refractivity contribution in [3.8, 4) is 0 Å². The van der Waals surface area contributed by atoms with E-state index in [0.717, 1.165) is 19.1 Å². The van der Waals surface area contributed by atoms with E-state index in [1.165, 1.54) is 31.5 Å². The molecule has 1 aromatic rings. The van der Waals surface area contributed by atoms with Crippen molar-refractivity contribution in [1.29, 1.82) is 0 Å². The maximum Gasteiger partial charge on any atom is 0.0954 e. The first kappa shape index (κ1) is 11.2. The molecule has 0 radical (unpaired) electrons. The molecule has 2 atom stereocenters. The maximum atomic E-state index is 5.70. The molecule has 2 heterocycles. The van der Waals surface area contributed by atoms with Gasteiger partial charge in [0.15, 0.2) is 0 Å². The second kappa shape index (κ2) is 4.43. The van der Waals surface area contributed by atoms with Gasteiger partial charge in [0.2, 0.25) is 0 Å². The third-order valence-electron chi connectivity index (χ3n) is 4.39. The van der Waals surface area contributed by atoms with Crippen molar-refractivity contribution in [2.24, 2.45) is 5.92 Å². The molecule has 0 aromatic heterocycles. The molecule has 3 rings (SSSR count). The average Bonchev–Trinajstić information content (AvgIpc) is 3.15. The van der Waals surface area contributed by atoms with E-state index in [1.54, 1.807) is 0 Å². The number of epoxide rings is 1. The molecule has 2 saturated heterocycles. The van der Waals surface area contributed by atoms with Crippen LogP contribution in [0.3, 0.4) is 0 Å². The fourth-order valence-corrected chi connectivity index (χ4v) is 2.87. The minimum Gasteiger partial charge on any atom is -0.369 e. The van der Waals surface area contributed by atoms with Crippen LogP contribution in [0.4, 0.5) is 0 Å². The summed E-state index contributed by atoms with van der Waals surface area (Å²) in [5, 5.41) is 0. The zero-order valence-corrected chi connectivity index (χ0v) is 10.6. The zero-order valence-electron chi connectivity index (χ0n) is 10.6. The van der Waals surface area contributed by atoms with Gasteiger partial charge in [0.25, 0.3) is 0 Å². The molecular formula is C15H21NO. The lowest BCUT2D eigenvalue weighted by Gasteiger charge is -2.19. The van der Waals surface area contributed by atoms with Crippen LogP contribution in [0.25, 0.3) is 0 Å². The topological polar surface area (TPSA) is 15.8 Å². The summed E-state index contributed by atoms with van der Waals surface area (Å²) in [6, 6.07) is 10.8. The number of likely N-dealkylation sites (tertiary alicyclic amines) is 1. The molecule has 0 aliphatic carbocycles. The van der Waals surface area contributed by atoms with Crippen LogP contribution in [-0.2, 0) is 11.3 Å². The molecule has 2 fully saturated rings. The van der Waals surface area contributed by atoms with Gasteiger partial charge in [-0.2, -0.15) is 0 Å². The molecule has 2 aliphatic rings. The number of nitrogens with zero attached hydrogens (tertiary/aromatic N) is 1. The van der Waals surface area contributed by atoms with Crippen LogP contribution in [-0.4, -0.2) is 30.2 Å². The highest BCUT2D eigenvalue weighted by atomic mass is 16.6. The van der Waals surface area contributed by atoms with Gasteiger partial charge in [-0.15, -0.1) is 0 Å². The van der Waals surface area contributed by atoms with Crippen LogP contribution < -0.4 is 0 Å². The van der Waals surface area contributed by atoms with Gasteiger partial charge in [-0.3, -0.25) is 4.90 Å². The third-order valence-corrected chi connectivity index (χ3v) is 4.39. The molecule has 1 spiro atoms. The highest BCUT2D eigenvalue weighted by Gasteiger charge is 2.49. The zero-order chi connectivity index (χ0) is 11.7. The van der Waals surface area contributed by atoms with Crippen LogP contribution in [0, 0.1) is 5.92 Å². The predicted molar refractivity (Wildman–Crippen MR) is 68.8 cm³/mol. The Morgan fingerprint density at radius 1 is 1.29 bits per heavy atom. The van der Waals surface area contributed by atoms with E-state index in [9.17, 15) is 0 Å². The summed E-state index contributed by atoms with van der Waals surface area (Å²) in [5.74, 6) is 0.725. The van der Waals surface area contributed by atoms with E-state index in [-0.39, 0.29) is 5.60 Å². The van der Waals surface area contributed by atoms with Crippen molar-refractivity contribution in [2.75, 3.05) is 19.7 Å². The lowest BCUT2D eigenvalue weighted by molar-refractivity contribution is 0.218. The van der Waals surface area contributed by atoms with Gasteiger partial charge in [0.1, 0.15) is 0 Å². The summed E-state index contributed by atoms with van der Waals surface area (Å²) in [6.45, 7) is 6.82. The van der Waals surface area contributed by atoms with Crippen LogP contribution in [0.2, 0.25) is 0 Å². The Morgan fingerprint density at radius 3 is 2.76 bits per heavy atom. The van der Waals surface area contributed by atoms with E-state index < -0.39 is 0 Å². The third kappa shape index (κ3) is 2.38. The SMILES string of the molecule is CC1CCN(Cc2ccccc2)CCC12CO2. The quantitative estimate of drug-likeness (QED) is 0.727. The molecule has 0 N–H and O–H groups in total. The number of benzene rings is 1. The van der Waals surface area contributed by atoms with Crippen molar-refractivity contribution in [3.05, 3.63) is 35.9 Å². The highest BCUT2D eigenvalue weighted by molar-refractivity contribution is 5.14. The summed E-state index contributed by atoms with van der Waals surface area (Å²) in [5.41, 5.74) is 1.68. The van der Waals surface area contributed by atoms with E-state index in [1.807, 2.05) is 0 Å². The summed E-state index contributed by atoms with van der Waals surface area (Å²) >= 11 is 0. The van der Waals surface area contributed by atoms with Crippen molar-refractivity contribution < 1.29 is 4.74 Å². The predicted octanol–water partition coefficient (Wildman–Crippen LogP) is 2.69. The van der Waals surface area contributed by atoms with Crippen molar-refractivity contribution in [1.82, 2.24) is 4.90 Å². The normalized spacial score (nSPS) is 33.6. The Labute approximate surface area is 104 Å². The molecule has 92 valence electrons. The Hall–Kier alpha value is -0.860. The van der Waals surface area contributed by atoms with Crippen LogP contribution in [0.5, 0.6) is 0 Å².